The molecule has 1 aliphatic carbocycles. The van der Waals surface area contributed by atoms with E-state index in [2.05, 4.69) is 0 Å². The molecule has 0 aromatic carbocycles. The second-order valence-corrected chi connectivity index (χ2v) is 4.71. The summed E-state index contributed by atoms with van der Waals surface area (Å²) in [6.45, 7) is 3.71. The third kappa shape index (κ3) is 6.99. The van der Waals surface area contributed by atoms with Crippen molar-refractivity contribution in [1.29, 1.82) is 0 Å². The maximum atomic E-state index is 6.00. The van der Waals surface area contributed by atoms with Crippen molar-refractivity contribution in [3.8, 4) is 0 Å². The van der Waals surface area contributed by atoms with E-state index in [-0.39, 0.29) is 0 Å². The van der Waals surface area contributed by atoms with Gasteiger partial charge in [0.25, 0.3) is 0 Å². The topological polar surface area (TPSA) is 53.7 Å². The summed E-state index contributed by atoms with van der Waals surface area (Å²) in [5, 5.41) is 0. The quantitative estimate of drug-likeness (QED) is 0.594. The zero-order valence-electron chi connectivity index (χ0n) is 11.0. The molecule has 1 aliphatic rings. The van der Waals surface area contributed by atoms with Gasteiger partial charge in [-0.1, -0.05) is 6.42 Å². The minimum Gasteiger partial charge on any atom is -0.385 e. The number of nitrogens with two attached hydrogens (primary N) is 1. The van der Waals surface area contributed by atoms with Gasteiger partial charge in [0, 0.05) is 33.0 Å². The van der Waals surface area contributed by atoms with E-state index >= 15 is 0 Å². The second kappa shape index (κ2) is 9.83. The van der Waals surface area contributed by atoms with Gasteiger partial charge in [0.1, 0.15) is 0 Å². The molecule has 2 atom stereocenters. The Hall–Kier alpha value is -0.160. The van der Waals surface area contributed by atoms with Crippen molar-refractivity contribution in [2.45, 2.75) is 38.1 Å². The van der Waals surface area contributed by atoms with E-state index in [1.54, 1.807) is 7.11 Å². The molecule has 0 aromatic heterocycles. The first-order valence-corrected chi connectivity index (χ1v) is 6.74. The summed E-state index contributed by atoms with van der Waals surface area (Å²) in [5.41, 5.74) is 6.00. The summed E-state index contributed by atoms with van der Waals surface area (Å²) >= 11 is 0. The van der Waals surface area contributed by atoms with Gasteiger partial charge in [-0.05, 0) is 31.6 Å². The molecule has 2 unspecified atom stereocenters. The van der Waals surface area contributed by atoms with Crippen LogP contribution in [0.3, 0.4) is 0 Å². The highest BCUT2D eigenvalue weighted by atomic mass is 16.5. The van der Waals surface area contributed by atoms with E-state index in [4.69, 9.17) is 19.9 Å². The van der Waals surface area contributed by atoms with E-state index in [0.29, 0.717) is 25.2 Å². The second-order valence-electron chi connectivity index (χ2n) is 4.71. The number of hydrogen-bond acceptors (Lipinski definition) is 4. The van der Waals surface area contributed by atoms with E-state index in [9.17, 15) is 0 Å². The maximum Gasteiger partial charge on any atom is 0.0700 e. The van der Waals surface area contributed by atoms with Crippen LogP contribution in [-0.2, 0) is 14.2 Å². The van der Waals surface area contributed by atoms with Crippen LogP contribution in [0.1, 0.15) is 32.1 Å². The van der Waals surface area contributed by atoms with Crippen molar-refractivity contribution in [3.05, 3.63) is 0 Å². The normalized spacial score (nSPS) is 24.4. The fourth-order valence-electron chi connectivity index (χ4n) is 2.29. The van der Waals surface area contributed by atoms with Gasteiger partial charge in [-0.3, -0.25) is 0 Å². The first-order valence-electron chi connectivity index (χ1n) is 6.74. The lowest BCUT2D eigenvalue weighted by molar-refractivity contribution is 0.0355. The molecular formula is C13H27NO3. The highest BCUT2D eigenvalue weighted by Crippen LogP contribution is 2.26. The summed E-state index contributed by atoms with van der Waals surface area (Å²) in [6, 6.07) is 0.406. The smallest absolute Gasteiger partial charge is 0.0700 e. The molecule has 0 bridgehead atoms. The van der Waals surface area contributed by atoms with Gasteiger partial charge in [0.15, 0.2) is 0 Å². The van der Waals surface area contributed by atoms with Crippen molar-refractivity contribution in [1.82, 2.24) is 0 Å². The fourth-order valence-corrected chi connectivity index (χ4v) is 2.29. The lowest BCUT2D eigenvalue weighted by Gasteiger charge is -2.14. The lowest BCUT2D eigenvalue weighted by Crippen LogP contribution is -2.25. The zero-order valence-corrected chi connectivity index (χ0v) is 11.0. The Labute approximate surface area is 105 Å². The highest BCUT2D eigenvalue weighted by Gasteiger charge is 2.22. The molecule has 2 N–H and O–H groups in total. The Morgan fingerprint density at radius 3 is 2.41 bits per heavy atom. The first kappa shape index (κ1) is 14.9. The SMILES string of the molecule is COCCCOCCOCCC1CCCC1N. The van der Waals surface area contributed by atoms with Crippen molar-refractivity contribution in [3.63, 3.8) is 0 Å². The van der Waals surface area contributed by atoms with Crippen LogP contribution in [0, 0.1) is 5.92 Å². The largest absolute Gasteiger partial charge is 0.385 e. The highest BCUT2D eigenvalue weighted by molar-refractivity contribution is 4.79. The third-order valence-corrected chi connectivity index (χ3v) is 3.36. The van der Waals surface area contributed by atoms with Crippen LogP contribution in [0.5, 0.6) is 0 Å². The Kier molecular flexibility index (Phi) is 8.61. The molecule has 0 spiro atoms. The number of ether oxygens (including phenoxy) is 3. The lowest BCUT2D eigenvalue weighted by atomic mass is 10.0. The molecule has 0 radical (unpaired) electrons. The van der Waals surface area contributed by atoms with Crippen LogP contribution in [0.15, 0.2) is 0 Å². The van der Waals surface area contributed by atoms with Gasteiger partial charge in [-0.25, -0.2) is 0 Å². The van der Waals surface area contributed by atoms with Gasteiger partial charge in [0.05, 0.1) is 13.2 Å². The van der Waals surface area contributed by atoms with E-state index < -0.39 is 0 Å². The van der Waals surface area contributed by atoms with Crippen LogP contribution >= 0.6 is 0 Å². The molecular weight excluding hydrogens is 218 g/mol. The molecule has 0 heterocycles. The van der Waals surface area contributed by atoms with Gasteiger partial charge in [-0.2, -0.15) is 0 Å². The number of rotatable bonds is 10. The van der Waals surface area contributed by atoms with Gasteiger partial charge < -0.3 is 19.9 Å². The Morgan fingerprint density at radius 1 is 1.00 bits per heavy atom. The fraction of sp³-hybridized carbons (Fsp3) is 1.00. The Bertz CT molecular complexity index is 178. The summed E-state index contributed by atoms with van der Waals surface area (Å²) in [6.07, 6.45) is 5.80. The Balaban J connectivity index is 1.78. The maximum absolute atomic E-state index is 6.00. The summed E-state index contributed by atoms with van der Waals surface area (Å²) in [7, 11) is 1.71. The predicted molar refractivity (Wildman–Crippen MR) is 68.1 cm³/mol. The molecule has 1 rings (SSSR count). The summed E-state index contributed by atoms with van der Waals surface area (Å²) in [5.74, 6) is 0.678. The molecule has 17 heavy (non-hydrogen) atoms. The molecule has 0 aliphatic heterocycles. The first-order chi connectivity index (χ1) is 8.34. The zero-order chi connectivity index (χ0) is 12.3. The van der Waals surface area contributed by atoms with E-state index in [0.717, 1.165) is 32.7 Å². The molecule has 102 valence electrons. The van der Waals surface area contributed by atoms with Crippen molar-refractivity contribution in [2.75, 3.05) is 40.1 Å². The van der Waals surface area contributed by atoms with Crippen LogP contribution in [0.2, 0.25) is 0 Å². The summed E-state index contributed by atoms with van der Waals surface area (Å²) in [4.78, 5) is 0. The van der Waals surface area contributed by atoms with Crippen LogP contribution in [-0.4, -0.2) is 46.2 Å². The molecule has 0 amide bonds. The van der Waals surface area contributed by atoms with Gasteiger partial charge in [0.2, 0.25) is 0 Å². The number of hydrogen-bond donors (Lipinski definition) is 1. The van der Waals surface area contributed by atoms with E-state index in [1.165, 1.54) is 19.3 Å². The monoisotopic (exact) mass is 245 g/mol. The van der Waals surface area contributed by atoms with Crippen LogP contribution in [0.25, 0.3) is 0 Å². The summed E-state index contributed by atoms with van der Waals surface area (Å²) < 4.78 is 15.9. The average Bonchev–Trinajstić information content (AvgIpc) is 2.73. The Morgan fingerprint density at radius 2 is 1.76 bits per heavy atom. The van der Waals surface area contributed by atoms with E-state index in [1.807, 2.05) is 0 Å². The molecule has 4 nitrogen and oxygen atoms in total. The predicted octanol–water partition coefficient (Wildman–Crippen LogP) is 1.57. The molecule has 0 saturated heterocycles. The van der Waals surface area contributed by atoms with Crippen molar-refractivity contribution in [2.24, 2.45) is 11.7 Å². The molecule has 1 saturated carbocycles. The van der Waals surface area contributed by atoms with Gasteiger partial charge >= 0.3 is 0 Å². The number of methoxy groups -OCH3 is 1. The van der Waals surface area contributed by atoms with Crippen LogP contribution in [0.4, 0.5) is 0 Å². The molecule has 4 heteroatoms. The molecule has 0 aromatic rings. The average molecular weight is 245 g/mol. The minimum absolute atomic E-state index is 0.406. The minimum atomic E-state index is 0.406. The van der Waals surface area contributed by atoms with Crippen molar-refractivity contribution >= 4 is 0 Å². The van der Waals surface area contributed by atoms with Crippen molar-refractivity contribution < 1.29 is 14.2 Å². The third-order valence-electron chi connectivity index (χ3n) is 3.36. The molecule has 1 fully saturated rings. The standard InChI is InChI=1S/C13H27NO3/c1-15-7-3-8-16-10-11-17-9-6-12-4-2-5-13(12)14/h12-13H,2-11,14H2,1H3. The van der Waals surface area contributed by atoms with Gasteiger partial charge in [-0.15, -0.1) is 0 Å². The van der Waals surface area contributed by atoms with Crippen LogP contribution < -0.4 is 5.73 Å².